The van der Waals surface area contributed by atoms with Crippen LogP contribution in [0.3, 0.4) is 0 Å². The van der Waals surface area contributed by atoms with Crippen LogP contribution in [0, 0.1) is 17.0 Å². The summed E-state index contributed by atoms with van der Waals surface area (Å²) in [5.74, 6) is 0. The molecule has 0 atom stereocenters. The fourth-order valence-electron chi connectivity index (χ4n) is 2.86. The number of hydrogen-bond acceptors (Lipinski definition) is 6. The van der Waals surface area contributed by atoms with E-state index in [4.69, 9.17) is 4.98 Å². The number of aryl methyl sites for hydroxylation is 1. The molecule has 0 saturated carbocycles. The van der Waals surface area contributed by atoms with Crippen LogP contribution in [-0.2, 0) is 0 Å². The molecule has 0 amide bonds. The fourth-order valence-corrected chi connectivity index (χ4v) is 4.65. The number of hydrogen-bond donors (Lipinski definition) is 0. The van der Waals surface area contributed by atoms with Crippen LogP contribution < -0.4 is 0 Å². The molecule has 3 aromatic rings. The molecule has 2 heterocycles. The number of nitrogens with zero attached hydrogens (tertiary/aromatic N) is 3. The van der Waals surface area contributed by atoms with Gasteiger partial charge in [-0.05, 0) is 24.6 Å². The van der Waals surface area contributed by atoms with E-state index in [1.807, 2.05) is 7.05 Å². The van der Waals surface area contributed by atoms with Gasteiger partial charge in [-0.25, -0.2) is 4.98 Å². The summed E-state index contributed by atoms with van der Waals surface area (Å²) in [6, 6.07) is 15.0. The molecule has 5 nitrogen and oxygen atoms in total. The Balaban J connectivity index is 1.52. The molecule has 1 aromatic heterocycles. The predicted octanol–water partition coefficient (Wildman–Crippen LogP) is 6.00. The molecule has 0 unspecified atom stereocenters. The van der Waals surface area contributed by atoms with Crippen LogP contribution in [0.15, 0.2) is 64.3 Å². The monoisotopic (exact) mass is 407 g/mol. The summed E-state index contributed by atoms with van der Waals surface area (Å²) < 4.78 is 0. The number of non-ortho nitro benzene ring substituents is 1. The summed E-state index contributed by atoms with van der Waals surface area (Å²) >= 11 is 3.24. The standard InChI is InChI=1S/C21H17N3O2S2/c1-14-3-5-15(6-4-14)18-12-27-20(22-18)11-21-23(2)19(13-28-21)16-7-9-17(10-8-16)24(25)26/h3-13H,1-2H3/b21-11+. The minimum atomic E-state index is -0.384. The Morgan fingerprint density at radius 1 is 1.07 bits per heavy atom. The van der Waals surface area contributed by atoms with Crippen molar-refractivity contribution in [3.05, 3.63) is 90.6 Å². The normalized spacial score (nSPS) is 15.1. The summed E-state index contributed by atoms with van der Waals surface area (Å²) in [6.45, 7) is 2.07. The maximum absolute atomic E-state index is 10.8. The van der Waals surface area contributed by atoms with Crippen molar-refractivity contribution in [2.45, 2.75) is 6.92 Å². The second kappa shape index (κ2) is 7.61. The first-order valence-corrected chi connectivity index (χ1v) is 10.4. The van der Waals surface area contributed by atoms with Gasteiger partial charge in [0.25, 0.3) is 5.69 Å². The smallest absolute Gasteiger partial charge is 0.269 e. The largest absolute Gasteiger partial charge is 0.338 e. The highest BCUT2D eigenvalue weighted by atomic mass is 32.2. The van der Waals surface area contributed by atoms with Gasteiger partial charge in [0.05, 0.1) is 21.3 Å². The molecule has 140 valence electrons. The first-order valence-electron chi connectivity index (χ1n) is 8.61. The second-order valence-corrected chi connectivity index (χ2v) is 8.18. The van der Waals surface area contributed by atoms with Crippen LogP contribution in [0.1, 0.15) is 16.1 Å². The molecule has 28 heavy (non-hydrogen) atoms. The van der Waals surface area contributed by atoms with Gasteiger partial charge >= 0.3 is 0 Å². The van der Waals surface area contributed by atoms with Crippen molar-refractivity contribution in [1.29, 1.82) is 0 Å². The molecule has 2 aromatic carbocycles. The molecule has 0 fully saturated rings. The lowest BCUT2D eigenvalue weighted by Gasteiger charge is -2.17. The van der Waals surface area contributed by atoms with Crippen molar-refractivity contribution in [2.75, 3.05) is 7.05 Å². The first-order chi connectivity index (χ1) is 13.5. The highest BCUT2D eigenvalue weighted by Crippen LogP contribution is 2.40. The summed E-state index contributed by atoms with van der Waals surface area (Å²) in [5.41, 5.74) is 5.38. The number of thioether (sulfide) groups is 1. The van der Waals surface area contributed by atoms with Gasteiger partial charge in [-0.3, -0.25) is 10.1 Å². The van der Waals surface area contributed by atoms with Crippen LogP contribution >= 0.6 is 23.1 Å². The van der Waals surface area contributed by atoms with Crippen molar-refractivity contribution >= 4 is 40.6 Å². The Kier molecular flexibility index (Phi) is 5.02. The molecule has 0 bridgehead atoms. The van der Waals surface area contributed by atoms with E-state index < -0.39 is 0 Å². The van der Waals surface area contributed by atoms with Gasteiger partial charge in [0, 0.05) is 41.6 Å². The van der Waals surface area contributed by atoms with E-state index in [0.29, 0.717) is 0 Å². The fraction of sp³-hybridized carbons (Fsp3) is 0.0952. The molecule has 0 spiro atoms. The van der Waals surface area contributed by atoms with E-state index in [-0.39, 0.29) is 10.6 Å². The molecule has 0 saturated heterocycles. The SMILES string of the molecule is Cc1ccc(-c2csc(/C=C3/SC=C(c4ccc([N+](=O)[O-])cc4)N3C)n2)cc1. The van der Waals surface area contributed by atoms with E-state index in [1.165, 1.54) is 17.7 Å². The van der Waals surface area contributed by atoms with Crippen molar-refractivity contribution in [3.8, 4) is 11.3 Å². The Morgan fingerprint density at radius 3 is 2.43 bits per heavy atom. The average Bonchev–Trinajstić information content (AvgIpc) is 3.30. The van der Waals surface area contributed by atoms with E-state index in [9.17, 15) is 10.1 Å². The maximum Gasteiger partial charge on any atom is 0.269 e. The first kappa shape index (κ1) is 18.5. The Hall–Kier alpha value is -2.90. The van der Waals surface area contributed by atoms with Gasteiger partial charge in [0.15, 0.2) is 0 Å². The van der Waals surface area contributed by atoms with Crippen LogP contribution in [0.25, 0.3) is 23.0 Å². The summed E-state index contributed by atoms with van der Waals surface area (Å²) in [4.78, 5) is 17.3. The van der Waals surface area contributed by atoms with E-state index >= 15 is 0 Å². The number of aromatic nitrogens is 1. The van der Waals surface area contributed by atoms with Crippen molar-refractivity contribution in [2.24, 2.45) is 0 Å². The average molecular weight is 408 g/mol. The molecule has 1 aliphatic heterocycles. The third-order valence-corrected chi connectivity index (χ3v) is 6.24. The molecule has 0 radical (unpaired) electrons. The van der Waals surface area contributed by atoms with E-state index in [0.717, 1.165) is 32.6 Å². The topological polar surface area (TPSA) is 59.3 Å². The summed E-state index contributed by atoms with van der Waals surface area (Å²) in [5, 5.41) is 17.0. The van der Waals surface area contributed by atoms with Gasteiger partial charge in [0.1, 0.15) is 5.01 Å². The lowest BCUT2D eigenvalue weighted by atomic mass is 10.1. The minimum absolute atomic E-state index is 0.0971. The highest BCUT2D eigenvalue weighted by Gasteiger charge is 2.20. The van der Waals surface area contributed by atoms with Gasteiger partial charge < -0.3 is 4.90 Å². The summed E-state index contributed by atoms with van der Waals surface area (Å²) in [7, 11) is 1.99. The van der Waals surface area contributed by atoms with Crippen LogP contribution in [0.5, 0.6) is 0 Å². The third-order valence-electron chi connectivity index (χ3n) is 4.47. The Bertz CT molecular complexity index is 1080. The van der Waals surface area contributed by atoms with Gasteiger partial charge in [-0.15, -0.1) is 11.3 Å². The van der Waals surface area contributed by atoms with Crippen molar-refractivity contribution < 1.29 is 4.92 Å². The Labute approximate surface area is 171 Å². The highest BCUT2D eigenvalue weighted by molar-refractivity contribution is 8.06. The molecule has 0 aliphatic carbocycles. The number of benzene rings is 2. The second-order valence-electron chi connectivity index (χ2n) is 6.40. The maximum atomic E-state index is 10.8. The van der Waals surface area contributed by atoms with Crippen molar-refractivity contribution in [3.63, 3.8) is 0 Å². The number of nitro groups is 1. The molecular formula is C21H17N3O2S2. The van der Waals surface area contributed by atoms with Gasteiger partial charge in [-0.2, -0.15) is 0 Å². The zero-order valence-electron chi connectivity index (χ0n) is 15.3. The lowest BCUT2D eigenvalue weighted by Crippen LogP contribution is -2.09. The molecule has 1 aliphatic rings. The number of rotatable bonds is 4. The summed E-state index contributed by atoms with van der Waals surface area (Å²) in [6.07, 6.45) is 2.07. The van der Waals surface area contributed by atoms with Gasteiger partial charge in [-0.1, -0.05) is 41.6 Å². The van der Waals surface area contributed by atoms with E-state index in [1.54, 1.807) is 35.2 Å². The number of nitro benzene ring substituents is 1. The molecule has 7 heteroatoms. The lowest BCUT2D eigenvalue weighted by molar-refractivity contribution is -0.384. The number of thiazole rings is 1. The van der Waals surface area contributed by atoms with Crippen LogP contribution in [0.2, 0.25) is 0 Å². The van der Waals surface area contributed by atoms with E-state index in [2.05, 4.69) is 53.0 Å². The van der Waals surface area contributed by atoms with Crippen LogP contribution in [0.4, 0.5) is 5.69 Å². The zero-order valence-corrected chi connectivity index (χ0v) is 17.0. The van der Waals surface area contributed by atoms with Crippen molar-refractivity contribution in [1.82, 2.24) is 9.88 Å². The molecule has 4 rings (SSSR count). The predicted molar refractivity (Wildman–Crippen MR) is 117 cm³/mol. The third kappa shape index (κ3) is 3.72. The molecular weight excluding hydrogens is 390 g/mol. The minimum Gasteiger partial charge on any atom is -0.338 e. The Morgan fingerprint density at radius 2 is 1.75 bits per heavy atom. The quantitative estimate of drug-likeness (QED) is 0.392. The zero-order chi connectivity index (χ0) is 19.7. The van der Waals surface area contributed by atoms with Crippen LogP contribution in [-0.4, -0.2) is 21.9 Å². The molecule has 0 N–H and O–H groups in total. The van der Waals surface area contributed by atoms with Gasteiger partial charge in [0.2, 0.25) is 0 Å².